The third-order valence-corrected chi connectivity index (χ3v) is 3.11. The first kappa shape index (κ1) is 11.9. The molecule has 0 bridgehead atoms. The smallest absolute Gasteiger partial charge is 0.249 e. The van der Waals surface area contributed by atoms with Crippen LogP contribution in [0.25, 0.3) is 0 Å². The molecule has 1 unspecified atom stereocenters. The Morgan fingerprint density at radius 3 is 2.64 bits per heavy atom. The minimum absolute atomic E-state index is 0.318. The van der Waals surface area contributed by atoms with Gasteiger partial charge in [0.2, 0.25) is 13.3 Å². The number of hydrogen-bond acceptors (Lipinski definition) is 2. The Morgan fingerprint density at radius 2 is 2.14 bits per heavy atom. The lowest BCUT2D eigenvalue weighted by molar-refractivity contribution is 0.0894. The molecule has 0 aliphatic carbocycles. The van der Waals surface area contributed by atoms with Crippen molar-refractivity contribution < 1.29 is 9.30 Å². The Kier molecular flexibility index (Phi) is 4.33. The lowest BCUT2D eigenvalue weighted by atomic mass is 10.2. The average molecular weight is 251 g/mol. The van der Waals surface area contributed by atoms with Crippen molar-refractivity contribution in [2.24, 2.45) is 0 Å². The third-order valence-electron chi connectivity index (χ3n) is 1.66. The zero-order valence-electron chi connectivity index (χ0n) is 7.54. The average Bonchev–Trinajstić information content (AvgIpc) is 2.18. The maximum Gasteiger partial charge on any atom is 0.249 e. The molecule has 0 aliphatic rings. The molecule has 1 atom stereocenters. The van der Waals surface area contributed by atoms with Crippen LogP contribution in [0.4, 0.5) is 0 Å². The highest BCUT2D eigenvalue weighted by Gasteiger charge is 2.33. The molecular formula is C9H9Cl2O2P. The van der Waals surface area contributed by atoms with Gasteiger partial charge in [-0.05, 0) is 13.0 Å². The molecule has 0 N–H and O–H groups in total. The predicted octanol–water partition coefficient (Wildman–Crippen LogP) is 4.02. The highest BCUT2D eigenvalue weighted by atomic mass is 35.5. The van der Waals surface area contributed by atoms with E-state index < -0.39 is 4.80 Å². The molecule has 5 heteroatoms. The Bertz CT molecular complexity index is 332. The van der Waals surface area contributed by atoms with Crippen molar-refractivity contribution in [1.29, 1.82) is 0 Å². The molecule has 76 valence electrons. The summed E-state index contributed by atoms with van der Waals surface area (Å²) in [7, 11) is -0.318. The molecule has 1 rings (SSSR count). The molecule has 0 aromatic heterocycles. The molecular weight excluding hydrogens is 242 g/mol. The van der Waals surface area contributed by atoms with Crippen molar-refractivity contribution in [3.63, 3.8) is 0 Å². The van der Waals surface area contributed by atoms with E-state index in [9.17, 15) is 4.57 Å². The molecule has 0 aliphatic heterocycles. The van der Waals surface area contributed by atoms with Gasteiger partial charge < -0.3 is 4.74 Å². The fraction of sp³-hybridized carbons (Fsp3) is 0.333. The molecule has 1 aromatic rings. The molecule has 2 nitrogen and oxygen atoms in total. The van der Waals surface area contributed by atoms with Gasteiger partial charge in [0, 0.05) is 17.2 Å². The third kappa shape index (κ3) is 2.46. The van der Waals surface area contributed by atoms with E-state index in [-0.39, 0.29) is 8.46 Å². The molecule has 0 spiro atoms. The Labute approximate surface area is 94.4 Å². The maximum atomic E-state index is 11.0. The minimum atomic E-state index is -1.37. The zero-order valence-corrected chi connectivity index (χ0v) is 9.94. The molecule has 0 fully saturated rings. The van der Waals surface area contributed by atoms with Crippen molar-refractivity contribution >= 4 is 31.7 Å². The standard InChI is InChI=1S/C9H9Cl2O2P/c1-2-13-9(11,14-12)7-5-3-4-6-8(7)10/h3-6H,2H2,1H3. The summed E-state index contributed by atoms with van der Waals surface area (Å²) in [5.74, 6) is 0. The summed E-state index contributed by atoms with van der Waals surface area (Å²) < 4.78 is 16.2. The second kappa shape index (κ2) is 5.09. The first-order valence-corrected chi connectivity index (χ1v) is 5.63. The van der Waals surface area contributed by atoms with Crippen LogP contribution in [0.3, 0.4) is 0 Å². The van der Waals surface area contributed by atoms with E-state index in [1.54, 1.807) is 31.2 Å². The Hall–Kier alpha value is -0.140. The normalized spacial score (nSPS) is 15.4. The van der Waals surface area contributed by atoms with E-state index in [1.165, 1.54) is 0 Å². The highest BCUT2D eigenvalue weighted by Crippen LogP contribution is 2.43. The van der Waals surface area contributed by atoms with Crippen LogP contribution in [-0.4, -0.2) is 6.61 Å². The zero-order chi connectivity index (χ0) is 10.6. The first-order valence-electron chi connectivity index (χ1n) is 4.06. The van der Waals surface area contributed by atoms with Gasteiger partial charge in [0.25, 0.3) is 0 Å². The molecule has 0 amide bonds. The minimum Gasteiger partial charge on any atom is -0.346 e. The van der Waals surface area contributed by atoms with Crippen LogP contribution in [0.15, 0.2) is 24.3 Å². The van der Waals surface area contributed by atoms with Crippen LogP contribution in [0.5, 0.6) is 0 Å². The number of alkyl halides is 1. The van der Waals surface area contributed by atoms with E-state index >= 15 is 0 Å². The van der Waals surface area contributed by atoms with Gasteiger partial charge in [-0.15, -0.1) is 0 Å². The summed E-state index contributed by atoms with van der Waals surface area (Å²) in [6.45, 7) is 2.14. The highest BCUT2D eigenvalue weighted by molar-refractivity contribution is 7.28. The fourth-order valence-electron chi connectivity index (χ4n) is 1.06. The Morgan fingerprint density at radius 1 is 1.50 bits per heavy atom. The second-order valence-corrected chi connectivity index (χ2v) is 4.58. The molecule has 0 radical (unpaired) electrons. The summed E-state index contributed by atoms with van der Waals surface area (Å²) in [6, 6.07) is 6.91. The lowest BCUT2D eigenvalue weighted by Gasteiger charge is -2.20. The van der Waals surface area contributed by atoms with Crippen molar-refractivity contribution in [3.05, 3.63) is 34.9 Å². The van der Waals surface area contributed by atoms with Crippen molar-refractivity contribution in [1.82, 2.24) is 0 Å². The SMILES string of the molecule is CCOC(Cl)(P=O)c1ccccc1Cl. The van der Waals surface area contributed by atoms with Gasteiger partial charge in [-0.25, -0.2) is 0 Å². The number of hydrogen-bond donors (Lipinski definition) is 0. The summed E-state index contributed by atoms with van der Waals surface area (Å²) in [4.78, 5) is -1.37. The van der Waals surface area contributed by atoms with Crippen LogP contribution >= 0.6 is 31.7 Å². The van der Waals surface area contributed by atoms with Gasteiger partial charge in [-0.3, -0.25) is 4.57 Å². The Balaban J connectivity index is 3.12. The van der Waals surface area contributed by atoms with E-state index in [0.29, 0.717) is 17.2 Å². The lowest BCUT2D eigenvalue weighted by Crippen LogP contribution is -2.15. The monoisotopic (exact) mass is 250 g/mol. The maximum absolute atomic E-state index is 11.0. The molecule has 0 heterocycles. The summed E-state index contributed by atoms with van der Waals surface area (Å²) >= 11 is 11.9. The van der Waals surface area contributed by atoms with E-state index in [0.717, 1.165) is 0 Å². The van der Waals surface area contributed by atoms with Crippen molar-refractivity contribution in [3.8, 4) is 0 Å². The summed E-state index contributed by atoms with van der Waals surface area (Å²) in [6.07, 6.45) is 0. The largest absolute Gasteiger partial charge is 0.346 e. The topological polar surface area (TPSA) is 26.3 Å². The number of benzene rings is 1. The van der Waals surface area contributed by atoms with Gasteiger partial charge in [0.1, 0.15) is 0 Å². The molecule has 0 saturated carbocycles. The van der Waals surface area contributed by atoms with Crippen LogP contribution in [-0.2, 0) is 14.1 Å². The van der Waals surface area contributed by atoms with Crippen LogP contribution in [0.1, 0.15) is 12.5 Å². The second-order valence-electron chi connectivity index (χ2n) is 2.57. The molecule has 0 saturated heterocycles. The summed E-state index contributed by atoms with van der Waals surface area (Å²) in [5, 5.41) is 0.444. The van der Waals surface area contributed by atoms with Gasteiger partial charge >= 0.3 is 0 Å². The van der Waals surface area contributed by atoms with Gasteiger partial charge in [-0.2, -0.15) is 0 Å². The van der Waals surface area contributed by atoms with Gasteiger partial charge in [-0.1, -0.05) is 41.4 Å². The van der Waals surface area contributed by atoms with E-state index in [4.69, 9.17) is 27.9 Å². The number of halogens is 2. The van der Waals surface area contributed by atoms with Gasteiger partial charge in [0.05, 0.1) is 0 Å². The first-order chi connectivity index (χ1) is 6.64. The quantitative estimate of drug-likeness (QED) is 0.596. The fourth-order valence-corrected chi connectivity index (χ4v) is 2.19. The molecule has 1 aromatic carbocycles. The van der Waals surface area contributed by atoms with Crippen LogP contribution in [0, 0.1) is 0 Å². The van der Waals surface area contributed by atoms with Crippen molar-refractivity contribution in [2.45, 2.75) is 11.7 Å². The molecule has 14 heavy (non-hydrogen) atoms. The summed E-state index contributed by atoms with van der Waals surface area (Å²) in [5.41, 5.74) is 0.516. The van der Waals surface area contributed by atoms with Gasteiger partial charge in [0.15, 0.2) is 0 Å². The van der Waals surface area contributed by atoms with Crippen LogP contribution in [0.2, 0.25) is 5.02 Å². The van der Waals surface area contributed by atoms with Crippen molar-refractivity contribution in [2.75, 3.05) is 6.61 Å². The number of ether oxygens (including phenoxy) is 1. The predicted molar refractivity (Wildman–Crippen MR) is 58.2 cm³/mol. The van der Waals surface area contributed by atoms with E-state index in [2.05, 4.69) is 0 Å². The van der Waals surface area contributed by atoms with Crippen LogP contribution < -0.4 is 0 Å². The number of rotatable bonds is 4. The van der Waals surface area contributed by atoms with E-state index in [1.807, 2.05) is 0 Å².